The molecule has 1 N–H and O–H groups in total. The van der Waals surface area contributed by atoms with E-state index in [0.717, 1.165) is 22.6 Å². The van der Waals surface area contributed by atoms with Crippen LogP contribution < -0.4 is 14.8 Å². The average molecular weight is 367 g/mol. The van der Waals surface area contributed by atoms with Gasteiger partial charge in [-0.15, -0.1) is 0 Å². The van der Waals surface area contributed by atoms with Crippen molar-refractivity contribution in [3.8, 4) is 11.5 Å². The van der Waals surface area contributed by atoms with Crippen molar-refractivity contribution in [2.45, 2.75) is 12.1 Å². The molecule has 0 spiro atoms. The normalized spacial score (nSPS) is 15.7. The Morgan fingerprint density at radius 1 is 0.815 bits per heavy atom. The van der Waals surface area contributed by atoms with Gasteiger partial charge in [-0.25, -0.2) is 8.78 Å². The third-order valence-corrected chi connectivity index (χ3v) is 4.52. The average Bonchev–Trinajstić information content (AvgIpc) is 2.70. The molecule has 0 aromatic heterocycles. The van der Waals surface area contributed by atoms with Gasteiger partial charge in [-0.2, -0.15) is 0 Å². The number of fused-ring (bicyclic) bond motifs is 1. The van der Waals surface area contributed by atoms with Crippen LogP contribution in [-0.4, -0.2) is 19.3 Å². The summed E-state index contributed by atoms with van der Waals surface area (Å²) < 4.78 is 38.4. The first kappa shape index (κ1) is 17.5. The molecule has 1 aliphatic heterocycles. The number of rotatable bonds is 5. The fraction of sp³-hybridized carbons (Fsp3) is 0.182. The Morgan fingerprint density at radius 3 is 1.96 bits per heavy atom. The van der Waals surface area contributed by atoms with Crippen molar-refractivity contribution in [1.82, 2.24) is 5.32 Å². The topological polar surface area (TPSA) is 30.5 Å². The van der Waals surface area contributed by atoms with Crippen LogP contribution in [0, 0.1) is 11.6 Å². The van der Waals surface area contributed by atoms with E-state index >= 15 is 0 Å². The van der Waals surface area contributed by atoms with Gasteiger partial charge in [0.2, 0.25) is 0 Å². The van der Waals surface area contributed by atoms with E-state index in [2.05, 4.69) is 5.32 Å². The van der Waals surface area contributed by atoms with E-state index in [9.17, 15) is 8.78 Å². The Labute approximate surface area is 156 Å². The molecule has 0 amide bonds. The summed E-state index contributed by atoms with van der Waals surface area (Å²) >= 11 is 0. The minimum absolute atomic E-state index is 0.164. The molecule has 5 heteroatoms. The van der Waals surface area contributed by atoms with Crippen LogP contribution >= 0.6 is 0 Å². The maximum absolute atomic E-state index is 13.3. The summed E-state index contributed by atoms with van der Waals surface area (Å²) in [5.74, 6) is 0.868. The summed E-state index contributed by atoms with van der Waals surface area (Å²) in [7, 11) is 0. The molecule has 0 aliphatic carbocycles. The van der Waals surface area contributed by atoms with Crippen molar-refractivity contribution in [2.24, 2.45) is 0 Å². The lowest BCUT2D eigenvalue weighted by Crippen LogP contribution is -2.40. The lowest BCUT2D eigenvalue weighted by atomic mass is 9.98. The maximum atomic E-state index is 13.3. The molecule has 138 valence electrons. The summed E-state index contributed by atoms with van der Waals surface area (Å²) in [6, 6.07) is 19.9. The van der Waals surface area contributed by atoms with Gasteiger partial charge in [0.05, 0.1) is 6.04 Å². The highest BCUT2D eigenvalue weighted by molar-refractivity contribution is 5.40. The minimum Gasteiger partial charge on any atom is -0.486 e. The molecular formula is C22H19F2NO2. The van der Waals surface area contributed by atoms with Crippen molar-refractivity contribution in [1.29, 1.82) is 0 Å². The first-order chi connectivity index (χ1) is 13.2. The summed E-state index contributed by atoms with van der Waals surface area (Å²) in [5, 5.41) is 3.44. The fourth-order valence-electron chi connectivity index (χ4n) is 3.15. The number of para-hydroxylation sites is 2. The minimum atomic E-state index is -0.294. The van der Waals surface area contributed by atoms with E-state index in [4.69, 9.17) is 9.47 Å². The molecule has 4 rings (SSSR count). The van der Waals surface area contributed by atoms with E-state index in [1.54, 1.807) is 24.3 Å². The van der Waals surface area contributed by atoms with E-state index < -0.39 is 0 Å². The second-order valence-electron chi connectivity index (χ2n) is 6.44. The SMILES string of the molecule is Fc1ccc(C(NCC2COc3ccccc3O2)c2ccc(F)cc2)cc1. The fourth-order valence-corrected chi connectivity index (χ4v) is 3.15. The van der Waals surface area contributed by atoms with Gasteiger partial charge in [0.25, 0.3) is 0 Å². The van der Waals surface area contributed by atoms with Crippen LogP contribution in [-0.2, 0) is 0 Å². The monoisotopic (exact) mass is 367 g/mol. The van der Waals surface area contributed by atoms with Gasteiger partial charge >= 0.3 is 0 Å². The third kappa shape index (κ3) is 4.09. The van der Waals surface area contributed by atoms with Crippen molar-refractivity contribution >= 4 is 0 Å². The number of halogens is 2. The van der Waals surface area contributed by atoms with E-state index in [1.807, 2.05) is 24.3 Å². The molecule has 0 fully saturated rings. The van der Waals surface area contributed by atoms with Crippen LogP contribution in [0.25, 0.3) is 0 Å². The first-order valence-electron chi connectivity index (χ1n) is 8.82. The molecule has 0 bridgehead atoms. The molecule has 1 heterocycles. The molecule has 1 aliphatic rings. The lowest BCUT2D eigenvalue weighted by molar-refractivity contribution is 0.0891. The lowest BCUT2D eigenvalue weighted by Gasteiger charge is -2.28. The Hall–Kier alpha value is -2.92. The maximum Gasteiger partial charge on any atom is 0.161 e. The summed E-state index contributed by atoms with van der Waals surface area (Å²) in [4.78, 5) is 0. The zero-order valence-corrected chi connectivity index (χ0v) is 14.6. The predicted molar refractivity (Wildman–Crippen MR) is 99.0 cm³/mol. The Bertz CT molecular complexity index is 851. The van der Waals surface area contributed by atoms with Crippen LogP contribution in [0.5, 0.6) is 11.5 Å². The molecule has 3 nitrogen and oxygen atoms in total. The molecule has 3 aromatic carbocycles. The number of ether oxygens (including phenoxy) is 2. The molecule has 0 radical (unpaired) electrons. The molecule has 1 unspecified atom stereocenters. The second-order valence-corrected chi connectivity index (χ2v) is 6.44. The highest BCUT2D eigenvalue weighted by Gasteiger charge is 2.22. The summed E-state index contributed by atoms with van der Waals surface area (Å²) in [6.45, 7) is 0.956. The number of nitrogens with one attached hydrogen (secondary N) is 1. The molecule has 3 aromatic rings. The second kappa shape index (κ2) is 7.76. The van der Waals surface area contributed by atoms with Crippen molar-refractivity contribution in [3.63, 3.8) is 0 Å². The molecule has 1 atom stereocenters. The molecule has 0 saturated carbocycles. The van der Waals surface area contributed by atoms with Crippen molar-refractivity contribution in [2.75, 3.05) is 13.2 Å². The van der Waals surface area contributed by atoms with Gasteiger partial charge < -0.3 is 14.8 Å². The van der Waals surface area contributed by atoms with Crippen LogP contribution in [0.1, 0.15) is 17.2 Å². The van der Waals surface area contributed by atoms with Crippen LogP contribution in [0.4, 0.5) is 8.78 Å². The summed E-state index contributed by atoms with van der Waals surface area (Å²) in [6.07, 6.45) is -0.164. The van der Waals surface area contributed by atoms with Gasteiger partial charge in [0.1, 0.15) is 24.3 Å². The zero-order valence-electron chi connectivity index (χ0n) is 14.6. The molecule has 0 saturated heterocycles. The number of benzene rings is 3. The quantitative estimate of drug-likeness (QED) is 0.721. The van der Waals surface area contributed by atoms with Gasteiger partial charge in [-0.05, 0) is 47.5 Å². The highest BCUT2D eigenvalue weighted by Crippen LogP contribution is 2.31. The first-order valence-corrected chi connectivity index (χ1v) is 8.82. The highest BCUT2D eigenvalue weighted by atomic mass is 19.1. The van der Waals surface area contributed by atoms with Crippen LogP contribution in [0.2, 0.25) is 0 Å². The molecule has 27 heavy (non-hydrogen) atoms. The van der Waals surface area contributed by atoms with Gasteiger partial charge in [0, 0.05) is 6.54 Å². The van der Waals surface area contributed by atoms with Crippen LogP contribution in [0.15, 0.2) is 72.8 Å². The Kier molecular flexibility index (Phi) is 5.03. The van der Waals surface area contributed by atoms with Crippen molar-refractivity contribution in [3.05, 3.63) is 95.6 Å². The zero-order chi connectivity index (χ0) is 18.6. The smallest absolute Gasteiger partial charge is 0.161 e. The van der Waals surface area contributed by atoms with E-state index in [0.29, 0.717) is 13.2 Å². The predicted octanol–water partition coefficient (Wildman–Crippen LogP) is 4.48. The van der Waals surface area contributed by atoms with E-state index in [1.165, 1.54) is 24.3 Å². The standard InChI is InChI=1S/C22H19F2NO2/c23-17-9-5-15(6-10-17)22(16-7-11-18(24)12-8-16)25-13-19-14-26-20-3-1-2-4-21(20)27-19/h1-12,19,22,25H,13-14H2. The van der Waals surface area contributed by atoms with Gasteiger partial charge in [0.15, 0.2) is 11.5 Å². The number of hydrogen-bond acceptors (Lipinski definition) is 3. The third-order valence-electron chi connectivity index (χ3n) is 4.52. The molecular weight excluding hydrogens is 348 g/mol. The number of hydrogen-bond donors (Lipinski definition) is 1. The van der Waals surface area contributed by atoms with Gasteiger partial charge in [-0.3, -0.25) is 0 Å². The summed E-state index contributed by atoms with van der Waals surface area (Å²) in [5.41, 5.74) is 1.78. The Balaban J connectivity index is 1.51. The van der Waals surface area contributed by atoms with Gasteiger partial charge in [-0.1, -0.05) is 36.4 Å². The van der Waals surface area contributed by atoms with E-state index in [-0.39, 0.29) is 23.8 Å². The van der Waals surface area contributed by atoms with Crippen molar-refractivity contribution < 1.29 is 18.3 Å². The Morgan fingerprint density at radius 2 is 1.37 bits per heavy atom. The largest absolute Gasteiger partial charge is 0.486 e. The van der Waals surface area contributed by atoms with Crippen LogP contribution in [0.3, 0.4) is 0 Å².